The third kappa shape index (κ3) is 3.03. The van der Waals surface area contributed by atoms with Gasteiger partial charge in [0, 0.05) is 25.1 Å². The maximum atomic E-state index is 10.3. The minimum absolute atomic E-state index is 0.113. The van der Waals surface area contributed by atoms with Gasteiger partial charge in [0.15, 0.2) is 0 Å². The molecule has 0 radical (unpaired) electrons. The zero-order chi connectivity index (χ0) is 12.3. The number of aliphatic hydroxyl groups excluding tert-OH is 1. The number of pyridine rings is 1. The average molecular weight is 223 g/mol. The molecule has 1 aromatic heterocycles. The molecule has 2 unspecified atom stereocenters. The van der Waals surface area contributed by atoms with Crippen molar-refractivity contribution < 1.29 is 9.84 Å². The molecule has 16 heavy (non-hydrogen) atoms. The van der Waals surface area contributed by atoms with Crippen molar-refractivity contribution in [3.8, 4) is 0 Å². The molecular weight excluding hydrogens is 202 g/mol. The molecule has 0 bridgehead atoms. The second-order valence-electron chi connectivity index (χ2n) is 5.26. The molecule has 0 aliphatic rings. The molecule has 1 aromatic rings. The molecule has 0 spiro atoms. The summed E-state index contributed by atoms with van der Waals surface area (Å²) in [4.78, 5) is 4.09. The highest BCUT2D eigenvalue weighted by Crippen LogP contribution is 2.32. The van der Waals surface area contributed by atoms with Crippen LogP contribution in [0.3, 0.4) is 0 Å². The Morgan fingerprint density at radius 1 is 1.31 bits per heavy atom. The summed E-state index contributed by atoms with van der Waals surface area (Å²) in [6.45, 7) is 8.11. The molecule has 0 fully saturated rings. The normalized spacial score (nSPS) is 15.9. The second kappa shape index (κ2) is 4.93. The third-order valence-electron chi connectivity index (χ3n) is 2.63. The van der Waals surface area contributed by atoms with Gasteiger partial charge in [-0.25, -0.2) is 0 Å². The lowest BCUT2D eigenvalue weighted by atomic mass is 9.83. The van der Waals surface area contributed by atoms with E-state index in [-0.39, 0.29) is 11.5 Å². The zero-order valence-corrected chi connectivity index (χ0v) is 10.7. The lowest BCUT2D eigenvalue weighted by Gasteiger charge is -2.33. The van der Waals surface area contributed by atoms with Crippen LogP contribution >= 0.6 is 0 Å². The molecule has 0 aliphatic carbocycles. The maximum absolute atomic E-state index is 10.3. The molecule has 3 nitrogen and oxygen atoms in total. The van der Waals surface area contributed by atoms with Crippen LogP contribution in [0.1, 0.15) is 38.0 Å². The molecule has 0 aromatic carbocycles. The van der Waals surface area contributed by atoms with Crippen LogP contribution < -0.4 is 0 Å². The summed E-state index contributed by atoms with van der Waals surface area (Å²) in [5, 5.41) is 10.3. The lowest BCUT2D eigenvalue weighted by Crippen LogP contribution is -2.34. The predicted octanol–water partition coefficient (Wildman–Crippen LogP) is 2.48. The van der Waals surface area contributed by atoms with Crippen molar-refractivity contribution in [1.82, 2.24) is 4.98 Å². The monoisotopic (exact) mass is 223 g/mol. The van der Waals surface area contributed by atoms with Crippen LogP contribution in [0.4, 0.5) is 0 Å². The molecule has 3 heteroatoms. The Morgan fingerprint density at radius 3 is 2.38 bits per heavy atom. The number of rotatable bonds is 3. The summed E-state index contributed by atoms with van der Waals surface area (Å²) in [6.07, 6.45) is 2.58. The summed E-state index contributed by atoms with van der Waals surface area (Å²) < 4.78 is 5.39. The topological polar surface area (TPSA) is 42.4 Å². The fourth-order valence-electron chi connectivity index (χ4n) is 1.87. The van der Waals surface area contributed by atoms with Crippen LogP contribution in [0, 0.1) is 12.3 Å². The van der Waals surface area contributed by atoms with Crippen LogP contribution in [-0.4, -0.2) is 23.3 Å². The van der Waals surface area contributed by atoms with E-state index in [2.05, 4.69) is 4.98 Å². The van der Waals surface area contributed by atoms with Crippen molar-refractivity contribution in [1.29, 1.82) is 0 Å². The number of methoxy groups -OCH3 is 1. The molecule has 1 N–H and O–H groups in total. The first-order chi connectivity index (χ1) is 7.36. The van der Waals surface area contributed by atoms with E-state index < -0.39 is 6.10 Å². The highest BCUT2D eigenvalue weighted by Gasteiger charge is 2.32. The van der Waals surface area contributed by atoms with Crippen LogP contribution in [-0.2, 0) is 4.74 Å². The molecule has 0 amide bonds. The van der Waals surface area contributed by atoms with Gasteiger partial charge in [-0.3, -0.25) is 4.98 Å². The number of aliphatic hydroxyl groups is 1. The molecule has 1 rings (SSSR count). The van der Waals surface area contributed by atoms with Crippen LogP contribution in [0.2, 0.25) is 0 Å². The minimum atomic E-state index is -0.641. The van der Waals surface area contributed by atoms with Gasteiger partial charge in [0.25, 0.3) is 0 Å². The minimum Gasteiger partial charge on any atom is -0.386 e. The van der Waals surface area contributed by atoms with Gasteiger partial charge in [0.2, 0.25) is 0 Å². The van der Waals surface area contributed by atoms with Gasteiger partial charge in [-0.1, -0.05) is 26.8 Å². The first-order valence-electron chi connectivity index (χ1n) is 5.48. The van der Waals surface area contributed by atoms with Crippen LogP contribution in [0.25, 0.3) is 0 Å². The Labute approximate surface area is 97.5 Å². The fourth-order valence-corrected chi connectivity index (χ4v) is 1.87. The van der Waals surface area contributed by atoms with E-state index in [4.69, 9.17) is 4.74 Å². The highest BCUT2D eigenvalue weighted by molar-refractivity contribution is 5.20. The molecule has 0 saturated carbocycles. The SMILES string of the molecule is COC(C(O)c1cncc(C)c1)C(C)(C)C. The summed E-state index contributed by atoms with van der Waals surface area (Å²) in [5.41, 5.74) is 1.74. The summed E-state index contributed by atoms with van der Waals surface area (Å²) in [6, 6.07) is 1.94. The predicted molar refractivity (Wildman–Crippen MR) is 64.2 cm³/mol. The van der Waals surface area contributed by atoms with E-state index >= 15 is 0 Å². The number of ether oxygens (including phenoxy) is 1. The average Bonchev–Trinajstić information content (AvgIpc) is 2.16. The molecule has 1 heterocycles. The highest BCUT2D eigenvalue weighted by atomic mass is 16.5. The first-order valence-corrected chi connectivity index (χ1v) is 5.48. The Morgan fingerprint density at radius 2 is 1.94 bits per heavy atom. The second-order valence-corrected chi connectivity index (χ2v) is 5.26. The first kappa shape index (κ1) is 13.1. The Bertz CT molecular complexity index is 344. The van der Waals surface area contributed by atoms with Gasteiger partial charge >= 0.3 is 0 Å². The van der Waals surface area contributed by atoms with E-state index in [1.807, 2.05) is 33.8 Å². The van der Waals surface area contributed by atoms with E-state index in [0.717, 1.165) is 11.1 Å². The third-order valence-corrected chi connectivity index (χ3v) is 2.63. The van der Waals surface area contributed by atoms with E-state index in [9.17, 15) is 5.11 Å². The van der Waals surface area contributed by atoms with E-state index in [0.29, 0.717) is 0 Å². The molecule has 2 atom stereocenters. The number of hydrogen-bond donors (Lipinski definition) is 1. The molecule has 90 valence electrons. The Balaban J connectivity index is 2.96. The van der Waals surface area contributed by atoms with Gasteiger partial charge in [-0.2, -0.15) is 0 Å². The standard InChI is InChI=1S/C13H21NO2/c1-9-6-10(8-14-7-9)11(15)12(16-5)13(2,3)4/h6-8,11-12,15H,1-5H3. The van der Waals surface area contributed by atoms with Crippen molar-refractivity contribution in [2.24, 2.45) is 5.41 Å². The smallest absolute Gasteiger partial charge is 0.107 e. The quantitative estimate of drug-likeness (QED) is 0.856. The van der Waals surface area contributed by atoms with Crippen molar-refractivity contribution in [2.45, 2.75) is 39.9 Å². The van der Waals surface area contributed by atoms with Crippen molar-refractivity contribution >= 4 is 0 Å². The summed E-state index contributed by atoms with van der Waals surface area (Å²) >= 11 is 0. The fraction of sp³-hybridized carbons (Fsp3) is 0.615. The maximum Gasteiger partial charge on any atom is 0.107 e. The van der Waals surface area contributed by atoms with Crippen molar-refractivity contribution in [3.05, 3.63) is 29.6 Å². The van der Waals surface area contributed by atoms with Crippen LogP contribution in [0.5, 0.6) is 0 Å². The number of hydrogen-bond acceptors (Lipinski definition) is 3. The molecule has 0 saturated heterocycles. The molecular formula is C13H21NO2. The van der Waals surface area contributed by atoms with Crippen LogP contribution in [0.15, 0.2) is 18.5 Å². The number of aryl methyl sites for hydroxylation is 1. The van der Waals surface area contributed by atoms with Gasteiger partial charge in [0.1, 0.15) is 6.10 Å². The zero-order valence-electron chi connectivity index (χ0n) is 10.7. The largest absolute Gasteiger partial charge is 0.386 e. The number of nitrogens with zero attached hydrogens (tertiary/aromatic N) is 1. The van der Waals surface area contributed by atoms with Gasteiger partial charge < -0.3 is 9.84 Å². The summed E-state index contributed by atoms with van der Waals surface area (Å²) in [5.74, 6) is 0. The Hall–Kier alpha value is -0.930. The van der Waals surface area contributed by atoms with Gasteiger partial charge in [-0.05, 0) is 17.9 Å². The number of aromatic nitrogens is 1. The summed E-state index contributed by atoms with van der Waals surface area (Å²) in [7, 11) is 1.63. The lowest BCUT2D eigenvalue weighted by molar-refractivity contribution is -0.0725. The van der Waals surface area contributed by atoms with Gasteiger partial charge in [-0.15, -0.1) is 0 Å². The Kier molecular flexibility index (Phi) is 4.05. The van der Waals surface area contributed by atoms with Crippen molar-refractivity contribution in [3.63, 3.8) is 0 Å². The van der Waals surface area contributed by atoms with E-state index in [1.165, 1.54) is 0 Å². The van der Waals surface area contributed by atoms with E-state index in [1.54, 1.807) is 19.5 Å². The van der Waals surface area contributed by atoms with Gasteiger partial charge in [0.05, 0.1) is 6.10 Å². The molecule has 0 aliphatic heterocycles. The van der Waals surface area contributed by atoms with Crippen molar-refractivity contribution in [2.75, 3.05) is 7.11 Å².